The number of rotatable bonds is 5. The maximum absolute atomic E-state index is 11.1. The zero-order chi connectivity index (χ0) is 15.4. The molecule has 2 aromatic rings. The third-order valence-corrected chi connectivity index (χ3v) is 2.87. The highest BCUT2D eigenvalue weighted by Gasteiger charge is 2.24. The minimum atomic E-state index is -0.646. The van der Waals surface area contributed by atoms with Gasteiger partial charge in [0.15, 0.2) is 0 Å². The van der Waals surface area contributed by atoms with E-state index in [9.17, 15) is 10.1 Å². The van der Waals surface area contributed by atoms with Crippen molar-refractivity contribution in [3.8, 4) is 11.6 Å². The molecule has 0 amide bonds. The summed E-state index contributed by atoms with van der Waals surface area (Å²) < 4.78 is 5.46. The van der Waals surface area contributed by atoms with E-state index in [0.29, 0.717) is 11.7 Å². The van der Waals surface area contributed by atoms with Gasteiger partial charge in [-0.25, -0.2) is 10.8 Å². The molecule has 3 N–H and O–H groups in total. The molecule has 0 aliphatic carbocycles. The van der Waals surface area contributed by atoms with Crippen molar-refractivity contribution >= 4 is 11.5 Å². The molecule has 110 valence electrons. The Kier molecular flexibility index (Phi) is 4.29. The molecule has 0 saturated carbocycles. The first kappa shape index (κ1) is 14.7. The minimum Gasteiger partial charge on any atom is -0.434 e. The number of benzene rings is 1. The molecule has 2 rings (SSSR count). The van der Waals surface area contributed by atoms with Crippen LogP contribution in [0.5, 0.6) is 11.6 Å². The van der Waals surface area contributed by atoms with E-state index in [1.807, 2.05) is 12.1 Å². The number of hydrogen-bond donors (Lipinski definition) is 2. The second kappa shape index (κ2) is 6.14. The summed E-state index contributed by atoms with van der Waals surface area (Å²) in [6.07, 6.45) is 1.14. The van der Waals surface area contributed by atoms with Crippen molar-refractivity contribution in [2.75, 3.05) is 5.43 Å². The second-order valence-electron chi connectivity index (χ2n) is 4.60. The molecule has 8 heteroatoms. The largest absolute Gasteiger partial charge is 0.434 e. The van der Waals surface area contributed by atoms with Crippen LogP contribution in [0, 0.1) is 10.1 Å². The summed E-state index contributed by atoms with van der Waals surface area (Å²) in [5.74, 6) is 5.77. The van der Waals surface area contributed by atoms with Gasteiger partial charge in [0.25, 0.3) is 0 Å². The molecule has 1 aromatic heterocycles. The monoisotopic (exact) mass is 289 g/mol. The lowest BCUT2D eigenvalue weighted by Crippen LogP contribution is -2.12. The molecule has 1 heterocycles. The van der Waals surface area contributed by atoms with Crippen LogP contribution in [-0.4, -0.2) is 14.9 Å². The molecule has 0 fully saturated rings. The molecule has 0 unspecified atom stereocenters. The Morgan fingerprint density at radius 3 is 2.48 bits per heavy atom. The van der Waals surface area contributed by atoms with Gasteiger partial charge in [0.1, 0.15) is 12.1 Å². The number of ether oxygens (including phenoxy) is 1. The average Bonchev–Trinajstić information content (AvgIpc) is 2.47. The summed E-state index contributed by atoms with van der Waals surface area (Å²) in [5, 5.41) is 11.1. The lowest BCUT2D eigenvalue weighted by molar-refractivity contribution is -0.385. The first-order chi connectivity index (χ1) is 10.0. The van der Waals surface area contributed by atoms with Crippen LogP contribution in [0.1, 0.15) is 25.3 Å². The van der Waals surface area contributed by atoms with Gasteiger partial charge < -0.3 is 10.2 Å². The summed E-state index contributed by atoms with van der Waals surface area (Å²) in [4.78, 5) is 17.9. The van der Waals surface area contributed by atoms with Crippen molar-refractivity contribution < 1.29 is 9.66 Å². The van der Waals surface area contributed by atoms with Crippen LogP contribution in [0.25, 0.3) is 0 Å². The molecule has 0 aliphatic heterocycles. The average molecular weight is 289 g/mol. The van der Waals surface area contributed by atoms with Gasteiger partial charge in [0.2, 0.25) is 5.82 Å². The normalized spacial score (nSPS) is 10.5. The van der Waals surface area contributed by atoms with Crippen LogP contribution < -0.4 is 16.0 Å². The van der Waals surface area contributed by atoms with Crippen LogP contribution in [0.4, 0.5) is 11.5 Å². The number of hydrazine groups is 1. The summed E-state index contributed by atoms with van der Waals surface area (Å²) in [6.45, 7) is 4.15. The van der Waals surface area contributed by atoms with Crippen LogP contribution in [-0.2, 0) is 0 Å². The van der Waals surface area contributed by atoms with Gasteiger partial charge in [-0.1, -0.05) is 26.0 Å². The molecule has 0 saturated heterocycles. The van der Waals surface area contributed by atoms with E-state index in [-0.39, 0.29) is 11.7 Å². The third-order valence-electron chi connectivity index (χ3n) is 2.87. The van der Waals surface area contributed by atoms with Crippen LogP contribution in [0.3, 0.4) is 0 Å². The number of nitrogens with zero attached hydrogens (tertiary/aromatic N) is 3. The molecule has 0 spiro atoms. The Morgan fingerprint density at radius 2 is 1.95 bits per heavy atom. The number of aromatic nitrogens is 2. The van der Waals surface area contributed by atoms with E-state index in [4.69, 9.17) is 10.6 Å². The highest BCUT2D eigenvalue weighted by atomic mass is 16.6. The van der Waals surface area contributed by atoms with E-state index in [2.05, 4.69) is 29.2 Å². The maximum Gasteiger partial charge on any atom is 0.374 e. The summed E-state index contributed by atoms with van der Waals surface area (Å²) in [7, 11) is 0. The molecule has 21 heavy (non-hydrogen) atoms. The quantitative estimate of drug-likeness (QED) is 0.493. The summed E-state index contributed by atoms with van der Waals surface area (Å²) in [5.41, 5.74) is 2.89. The molecule has 0 aliphatic rings. The molecule has 0 bridgehead atoms. The van der Waals surface area contributed by atoms with Crippen molar-refractivity contribution in [2.45, 2.75) is 19.8 Å². The number of nitrogens with one attached hydrogen (secondary N) is 1. The first-order valence-corrected chi connectivity index (χ1v) is 6.26. The van der Waals surface area contributed by atoms with E-state index >= 15 is 0 Å². The first-order valence-electron chi connectivity index (χ1n) is 6.26. The highest BCUT2D eigenvalue weighted by molar-refractivity contribution is 5.61. The Labute approximate surface area is 121 Å². The zero-order valence-corrected chi connectivity index (χ0v) is 11.6. The lowest BCUT2D eigenvalue weighted by Gasteiger charge is -2.09. The van der Waals surface area contributed by atoms with Crippen LogP contribution in [0.2, 0.25) is 0 Å². The predicted molar refractivity (Wildman–Crippen MR) is 77.1 cm³/mol. The molecule has 0 atom stereocenters. The summed E-state index contributed by atoms with van der Waals surface area (Å²) >= 11 is 0. The lowest BCUT2D eigenvalue weighted by atomic mass is 10.0. The van der Waals surface area contributed by atoms with E-state index in [1.54, 1.807) is 12.1 Å². The van der Waals surface area contributed by atoms with Crippen molar-refractivity contribution in [1.82, 2.24) is 9.97 Å². The second-order valence-corrected chi connectivity index (χ2v) is 4.60. The molecule has 1 aromatic carbocycles. The number of nitrogens with two attached hydrogens (primary N) is 1. The Bertz CT molecular complexity index is 643. The van der Waals surface area contributed by atoms with Crippen molar-refractivity contribution in [3.63, 3.8) is 0 Å². The molecule has 0 radical (unpaired) electrons. The van der Waals surface area contributed by atoms with E-state index < -0.39 is 10.6 Å². The molecule has 8 nitrogen and oxygen atoms in total. The number of anilines is 1. The SMILES string of the molecule is CC(C)c1ccc(Oc2ncnc(NN)c2[N+](=O)[O-])cc1. The van der Waals surface area contributed by atoms with Crippen molar-refractivity contribution in [1.29, 1.82) is 0 Å². The fourth-order valence-electron chi connectivity index (χ4n) is 1.74. The van der Waals surface area contributed by atoms with Gasteiger partial charge >= 0.3 is 11.6 Å². The molecular weight excluding hydrogens is 274 g/mol. The van der Waals surface area contributed by atoms with Crippen LogP contribution >= 0.6 is 0 Å². The van der Waals surface area contributed by atoms with E-state index in [1.165, 1.54) is 0 Å². The Hall–Kier alpha value is -2.74. The van der Waals surface area contributed by atoms with Gasteiger partial charge in [0, 0.05) is 0 Å². The topological polar surface area (TPSA) is 116 Å². The number of hydrogen-bond acceptors (Lipinski definition) is 7. The smallest absolute Gasteiger partial charge is 0.374 e. The highest BCUT2D eigenvalue weighted by Crippen LogP contribution is 2.33. The number of nitrogen functional groups attached to an aromatic ring is 1. The Balaban J connectivity index is 2.33. The zero-order valence-electron chi connectivity index (χ0n) is 11.6. The number of nitro groups is 1. The van der Waals surface area contributed by atoms with Crippen LogP contribution in [0.15, 0.2) is 30.6 Å². The van der Waals surface area contributed by atoms with Crippen molar-refractivity contribution in [2.24, 2.45) is 5.84 Å². The molecular formula is C13H15N5O3. The van der Waals surface area contributed by atoms with Gasteiger partial charge in [-0.15, -0.1) is 0 Å². The van der Waals surface area contributed by atoms with Crippen molar-refractivity contribution in [3.05, 3.63) is 46.3 Å². The van der Waals surface area contributed by atoms with Gasteiger partial charge in [-0.05, 0) is 23.6 Å². The predicted octanol–water partition coefficient (Wildman–Crippen LogP) is 2.59. The fraction of sp³-hybridized carbons (Fsp3) is 0.231. The minimum absolute atomic E-state index is 0.108. The maximum atomic E-state index is 11.1. The van der Waals surface area contributed by atoms with Gasteiger partial charge in [0.05, 0.1) is 4.92 Å². The van der Waals surface area contributed by atoms with E-state index in [0.717, 1.165) is 11.9 Å². The van der Waals surface area contributed by atoms with Gasteiger partial charge in [-0.2, -0.15) is 4.98 Å². The fourth-order valence-corrected chi connectivity index (χ4v) is 1.74. The third kappa shape index (κ3) is 3.23. The summed E-state index contributed by atoms with van der Waals surface area (Å²) in [6, 6.07) is 7.26. The Morgan fingerprint density at radius 1 is 1.29 bits per heavy atom. The standard InChI is InChI=1S/C13H15N5O3/c1-8(2)9-3-5-10(6-4-9)21-13-11(18(19)20)12(17-14)15-7-16-13/h3-8H,14H2,1-2H3,(H,15,16,17). The van der Waals surface area contributed by atoms with Gasteiger partial charge in [-0.3, -0.25) is 10.1 Å².